The van der Waals surface area contributed by atoms with Gasteiger partial charge in [-0.2, -0.15) is 0 Å². The molecule has 1 unspecified atom stereocenters. The fourth-order valence-electron chi connectivity index (χ4n) is 4.58. The Bertz CT molecular complexity index is 1010. The summed E-state index contributed by atoms with van der Waals surface area (Å²) in [6.07, 6.45) is 2.98. The van der Waals surface area contributed by atoms with Gasteiger partial charge in [0.2, 0.25) is 0 Å². The molecule has 0 aromatic heterocycles. The average molecular weight is 468 g/mol. The molecule has 8 heteroatoms. The summed E-state index contributed by atoms with van der Waals surface area (Å²) in [6, 6.07) is 14.2. The summed E-state index contributed by atoms with van der Waals surface area (Å²) in [5, 5.41) is 5.65. The van der Waals surface area contributed by atoms with Gasteiger partial charge < -0.3 is 20.4 Å². The second-order valence-electron chi connectivity index (χ2n) is 8.78. The molecule has 4 rings (SSSR count). The van der Waals surface area contributed by atoms with Crippen LogP contribution in [0.3, 0.4) is 0 Å². The zero-order valence-corrected chi connectivity index (χ0v) is 20.5. The van der Waals surface area contributed by atoms with Gasteiger partial charge in [-0.15, -0.1) is 11.8 Å². The van der Waals surface area contributed by atoms with Crippen LogP contribution in [0.5, 0.6) is 0 Å². The minimum Gasteiger partial charge on any atom is -0.374 e. The highest BCUT2D eigenvalue weighted by Gasteiger charge is 2.27. The fraction of sp³-hybridized carbons (Fsp3) is 0.440. The van der Waals surface area contributed by atoms with Crippen LogP contribution in [0.2, 0.25) is 0 Å². The SMILES string of the molecule is CSc1ccccc1NC(=O)C(=O)NCC(c1ccc2c(c1)CCN2C)N1CCN(C)CC1. The molecule has 2 aliphatic heterocycles. The average Bonchev–Trinajstić information content (AvgIpc) is 3.20. The van der Waals surface area contributed by atoms with Crippen LogP contribution in [0, 0.1) is 0 Å². The van der Waals surface area contributed by atoms with Gasteiger partial charge in [-0.05, 0) is 49.1 Å². The molecule has 0 bridgehead atoms. The summed E-state index contributed by atoms with van der Waals surface area (Å²) < 4.78 is 0. The third-order valence-electron chi connectivity index (χ3n) is 6.61. The van der Waals surface area contributed by atoms with Crippen molar-refractivity contribution in [3.63, 3.8) is 0 Å². The minimum absolute atomic E-state index is 0.0325. The van der Waals surface area contributed by atoms with E-state index in [0.29, 0.717) is 12.2 Å². The maximum Gasteiger partial charge on any atom is 0.313 e. The van der Waals surface area contributed by atoms with Gasteiger partial charge >= 0.3 is 11.8 Å². The summed E-state index contributed by atoms with van der Waals surface area (Å²) in [5.41, 5.74) is 4.49. The quantitative estimate of drug-likeness (QED) is 0.503. The van der Waals surface area contributed by atoms with Gasteiger partial charge in [-0.1, -0.05) is 24.3 Å². The number of benzene rings is 2. The second-order valence-corrected chi connectivity index (χ2v) is 9.63. The van der Waals surface area contributed by atoms with E-state index >= 15 is 0 Å². The van der Waals surface area contributed by atoms with Crippen molar-refractivity contribution in [2.24, 2.45) is 0 Å². The molecule has 1 atom stereocenters. The largest absolute Gasteiger partial charge is 0.374 e. The van der Waals surface area contributed by atoms with Crippen LogP contribution in [0.1, 0.15) is 17.2 Å². The summed E-state index contributed by atoms with van der Waals surface area (Å²) in [5.74, 6) is -1.24. The minimum atomic E-state index is -0.635. The molecule has 2 amide bonds. The number of carbonyl (C=O) groups is 2. The molecule has 0 saturated carbocycles. The predicted molar refractivity (Wildman–Crippen MR) is 135 cm³/mol. The van der Waals surface area contributed by atoms with E-state index in [1.165, 1.54) is 28.6 Å². The number of thioether (sulfide) groups is 1. The number of nitrogens with zero attached hydrogens (tertiary/aromatic N) is 3. The summed E-state index contributed by atoms with van der Waals surface area (Å²) in [7, 11) is 4.26. The Hall–Kier alpha value is -2.55. The molecule has 2 aromatic rings. The summed E-state index contributed by atoms with van der Waals surface area (Å²) in [6.45, 7) is 5.28. The van der Waals surface area contributed by atoms with Crippen LogP contribution in [0.15, 0.2) is 47.4 Å². The number of hydrogen-bond donors (Lipinski definition) is 2. The van der Waals surface area contributed by atoms with Crippen LogP contribution in [0.4, 0.5) is 11.4 Å². The van der Waals surface area contributed by atoms with Gasteiger partial charge in [0.05, 0.1) is 11.7 Å². The Kier molecular flexibility index (Phi) is 7.57. The molecule has 2 aliphatic rings. The lowest BCUT2D eigenvalue weighted by atomic mass is 10.00. The molecule has 2 N–H and O–H groups in total. The Labute approximate surface area is 200 Å². The van der Waals surface area contributed by atoms with Crippen molar-refractivity contribution in [3.05, 3.63) is 53.6 Å². The molecule has 0 aliphatic carbocycles. The van der Waals surface area contributed by atoms with Gasteiger partial charge in [-0.25, -0.2) is 0 Å². The molecule has 0 spiro atoms. The fourth-order valence-corrected chi connectivity index (χ4v) is 5.14. The number of hydrogen-bond acceptors (Lipinski definition) is 6. The molecular formula is C25H33N5O2S. The lowest BCUT2D eigenvalue weighted by Gasteiger charge is -2.38. The first-order valence-electron chi connectivity index (χ1n) is 11.4. The van der Waals surface area contributed by atoms with Crippen molar-refractivity contribution in [1.82, 2.24) is 15.1 Å². The maximum atomic E-state index is 12.7. The highest BCUT2D eigenvalue weighted by molar-refractivity contribution is 7.98. The smallest absolute Gasteiger partial charge is 0.313 e. The summed E-state index contributed by atoms with van der Waals surface area (Å²) >= 11 is 1.53. The first kappa shape index (κ1) is 23.6. The third kappa shape index (κ3) is 5.51. The van der Waals surface area contributed by atoms with Crippen LogP contribution >= 0.6 is 11.8 Å². The molecule has 176 valence electrons. The standard InChI is InChI=1S/C25H33N5O2S/c1-28-12-14-30(15-13-28)22(18-8-9-21-19(16-18)10-11-29(21)2)17-26-24(31)25(32)27-20-6-4-5-7-23(20)33-3/h4-9,16,22H,10-15,17H2,1-3H3,(H,26,31)(H,27,32). The zero-order chi connectivity index (χ0) is 23.4. The Morgan fingerprint density at radius 2 is 1.76 bits per heavy atom. The molecule has 1 saturated heterocycles. The summed E-state index contributed by atoms with van der Waals surface area (Å²) in [4.78, 5) is 33.2. The van der Waals surface area contributed by atoms with E-state index in [4.69, 9.17) is 0 Å². The van der Waals surface area contributed by atoms with Crippen molar-refractivity contribution in [2.75, 3.05) is 69.8 Å². The van der Waals surface area contributed by atoms with Crippen molar-refractivity contribution in [2.45, 2.75) is 17.4 Å². The van der Waals surface area contributed by atoms with E-state index in [-0.39, 0.29) is 6.04 Å². The van der Waals surface area contributed by atoms with Gasteiger partial charge in [0, 0.05) is 56.9 Å². The molecule has 2 heterocycles. The highest BCUT2D eigenvalue weighted by atomic mass is 32.2. The van der Waals surface area contributed by atoms with Crippen LogP contribution in [0.25, 0.3) is 0 Å². The van der Waals surface area contributed by atoms with Crippen LogP contribution < -0.4 is 15.5 Å². The first-order valence-corrected chi connectivity index (χ1v) is 12.7. The predicted octanol–water partition coefficient (Wildman–Crippen LogP) is 2.44. The maximum absolute atomic E-state index is 12.7. The third-order valence-corrected chi connectivity index (χ3v) is 7.41. The van der Waals surface area contributed by atoms with Crippen LogP contribution in [-0.4, -0.2) is 81.2 Å². The number of anilines is 2. The Morgan fingerprint density at radius 1 is 1.00 bits per heavy atom. The van der Waals surface area contributed by atoms with Gasteiger partial charge in [0.25, 0.3) is 0 Å². The topological polar surface area (TPSA) is 67.9 Å². The lowest BCUT2D eigenvalue weighted by Crippen LogP contribution is -2.49. The Morgan fingerprint density at radius 3 is 2.52 bits per heavy atom. The number of carbonyl (C=O) groups excluding carboxylic acids is 2. The molecular weight excluding hydrogens is 434 g/mol. The van der Waals surface area contributed by atoms with Crippen molar-refractivity contribution in [3.8, 4) is 0 Å². The van der Waals surface area contributed by atoms with E-state index in [1.807, 2.05) is 30.5 Å². The highest BCUT2D eigenvalue weighted by Crippen LogP contribution is 2.31. The van der Waals surface area contributed by atoms with Gasteiger partial charge in [0.1, 0.15) is 0 Å². The van der Waals surface area contributed by atoms with Gasteiger partial charge in [0.15, 0.2) is 0 Å². The number of para-hydroxylation sites is 1. The molecule has 0 radical (unpaired) electrons. The van der Waals surface area contributed by atoms with E-state index in [2.05, 4.69) is 57.6 Å². The number of nitrogens with one attached hydrogen (secondary N) is 2. The van der Waals surface area contributed by atoms with E-state index in [1.54, 1.807) is 0 Å². The molecule has 33 heavy (non-hydrogen) atoms. The van der Waals surface area contributed by atoms with Crippen molar-refractivity contribution in [1.29, 1.82) is 0 Å². The van der Waals surface area contributed by atoms with Gasteiger partial charge in [-0.3, -0.25) is 14.5 Å². The number of amides is 2. The number of fused-ring (bicyclic) bond motifs is 1. The number of likely N-dealkylation sites (N-methyl/N-ethyl adjacent to an activating group) is 2. The lowest BCUT2D eigenvalue weighted by molar-refractivity contribution is -0.136. The Balaban J connectivity index is 1.46. The van der Waals surface area contributed by atoms with E-state index in [0.717, 1.165) is 44.0 Å². The van der Waals surface area contributed by atoms with E-state index < -0.39 is 11.8 Å². The molecule has 2 aromatic carbocycles. The van der Waals surface area contributed by atoms with Crippen molar-refractivity contribution >= 4 is 35.0 Å². The number of piperazine rings is 1. The van der Waals surface area contributed by atoms with Crippen LogP contribution in [-0.2, 0) is 16.0 Å². The normalized spacial score (nSPS) is 17.5. The van der Waals surface area contributed by atoms with E-state index in [9.17, 15) is 9.59 Å². The molecule has 7 nitrogen and oxygen atoms in total. The molecule has 1 fully saturated rings. The first-order chi connectivity index (χ1) is 16.0. The number of rotatable bonds is 6. The zero-order valence-electron chi connectivity index (χ0n) is 19.6. The van der Waals surface area contributed by atoms with Crippen molar-refractivity contribution < 1.29 is 9.59 Å². The monoisotopic (exact) mass is 467 g/mol. The second kappa shape index (κ2) is 10.6.